The zero-order chi connectivity index (χ0) is 17.1. The predicted molar refractivity (Wildman–Crippen MR) is 96.9 cm³/mol. The molecule has 2 aromatic heterocycles. The van der Waals surface area contributed by atoms with Crippen LogP contribution in [0, 0.1) is 0 Å². The van der Waals surface area contributed by atoms with E-state index in [1.54, 1.807) is 12.7 Å². The first-order valence-corrected chi connectivity index (χ1v) is 8.85. The van der Waals surface area contributed by atoms with Crippen molar-refractivity contribution in [3.05, 3.63) is 42.6 Å². The number of fused-ring (bicyclic) bond motifs is 1. The molecule has 1 atom stereocenters. The highest BCUT2D eigenvalue weighted by atomic mass is 16.3. The molecular weight excluding hydrogens is 316 g/mol. The van der Waals surface area contributed by atoms with Crippen LogP contribution in [-0.2, 0) is 6.42 Å². The smallest absolute Gasteiger partial charge is 0.123 e. The number of nitrogens with zero attached hydrogens (tertiary/aromatic N) is 4. The van der Waals surface area contributed by atoms with Gasteiger partial charge in [-0.3, -0.25) is 4.57 Å². The highest BCUT2D eigenvalue weighted by Gasteiger charge is 2.17. The number of aryl methyl sites for hydroxylation is 1. The van der Waals surface area contributed by atoms with Gasteiger partial charge in [-0.05, 0) is 43.1 Å². The lowest BCUT2D eigenvalue weighted by molar-refractivity contribution is 0.147. The Balaban J connectivity index is 1.42. The van der Waals surface area contributed by atoms with Crippen molar-refractivity contribution in [1.29, 1.82) is 0 Å². The van der Waals surface area contributed by atoms with Crippen molar-refractivity contribution in [2.24, 2.45) is 0 Å². The summed E-state index contributed by atoms with van der Waals surface area (Å²) in [6.45, 7) is 4.23. The van der Waals surface area contributed by atoms with Gasteiger partial charge in [0, 0.05) is 48.5 Å². The number of hydrogen-bond acceptors (Lipinski definition) is 5. The van der Waals surface area contributed by atoms with Gasteiger partial charge in [0.25, 0.3) is 0 Å². The summed E-state index contributed by atoms with van der Waals surface area (Å²) in [7, 11) is 0. The van der Waals surface area contributed by atoms with E-state index in [1.807, 2.05) is 4.57 Å². The molecule has 7 nitrogen and oxygen atoms in total. The van der Waals surface area contributed by atoms with Gasteiger partial charge in [-0.25, -0.2) is 0 Å². The van der Waals surface area contributed by atoms with Gasteiger partial charge < -0.3 is 20.3 Å². The van der Waals surface area contributed by atoms with Crippen LogP contribution in [0.5, 0.6) is 0 Å². The number of benzene rings is 1. The maximum atomic E-state index is 9.30. The molecule has 4 rings (SSSR count). The highest BCUT2D eigenvalue weighted by Crippen LogP contribution is 2.23. The molecule has 1 fully saturated rings. The minimum absolute atomic E-state index is 0.213. The van der Waals surface area contributed by atoms with Gasteiger partial charge >= 0.3 is 0 Å². The van der Waals surface area contributed by atoms with Crippen molar-refractivity contribution in [2.75, 3.05) is 32.8 Å². The van der Waals surface area contributed by atoms with Crippen LogP contribution in [0.25, 0.3) is 16.6 Å². The quantitative estimate of drug-likeness (QED) is 0.622. The number of piperazine rings is 1. The minimum atomic E-state index is 0.213. The summed E-state index contributed by atoms with van der Waals surface area (Å²) in [4.78, 5) is 5.81. The average molecular weight is 340 g/mol. The molecule has 1 unspecified atom stereocenters. The number of aliphatic hydroxyl groups is 1. The summed E-state index contributed by atoms with van der Waals surface area (Å²) in [6, 6.07) is 6.59. The van der Waals surface area contributed by atoms with Crippen molar-refractivity contribution in [3.8, 4) is 5.69 Å². The summed E-state index contributed by atoms with van der Waals surface area (Å²) in [5.74, 6) is 0. The first kappa shape index (κ1) is 16.3. The van der Waals surface area contributed by atoms with Gasteiger partial charge in [0.2, 0.25) is 0 Å². The van der Waals surface area contributed by atoms with E-state index in [-0.39, 0.29) is 12.6 Å². The van der Waals surface area contributed by atoms with Gasteiger partial charge in [0.1, 0.15) is 12.7 Å². The Labute approximate surface area is 146 Å². The molecule has 1 saturated heterocycles. The van der Waals surface area contributed by atoms with Crippen molar-refractivity contribution < 1.29 is 5.11 Å². The van der Waals surface area contributed by atoms with E-state index in [2.05, 4.69) is 49.8 Å². The zero-order valence-corrected chi connectivity index (χ0v) is 14.2. The van der Waals surface area contributed by atoms with Crippen LogP contribution >= 0.6 is 0 Å². The minimum Gasteiger partial charge on any atom is -0.395 e. The van der Waals surface area contributed by atoms with Crippen LogP contribution in [0.4, 0.5) is 0 Å². The summed E-state index contributed by atoms with van der Waals surface area (Å²) < 4.78 is 1.92. The lowest BCUT2D eigenvalue weighted by Crippen LogP contribution is -2.52. The van der Waals surface area contributed by atoms with E-state index in [0.717, 1.165) is 50.2 Å². The Morgan fingerprint density at radius 1 is 1.24 bits per heavy atom. The first-order chi connectivity index (χ1) is 12.3. The van der Waals surface area contributed by atoms with Crippen molar-refractivity contribution >= 4 is 10.9 Å². The molecule has 1 aliphatic rings. The molecule has 0 aliphatic carbocycles. The Bertz CT molecular complexity index is 812. The Hall–Kier alpha value is -2.22. The van der Waals surface area contributed by atoms with E-state index in [0.29, 0.717) is 0 Å². The molecule has 0 spiro atoms. The molecule has 0 saturated carbocycles. The molecule has 0 bridgehead atoms. The fourth-order valence-electron chi connectivity index (χ4n) is 3.58. The molecule has 0 radical (unpaired) electrons. The van der Waals surface area contributed by atoms with Crippen molar-refractivity contribution in [2.45, 2.75) is 18.9 Å². The molecule has 0 amide bonds. The third-order valence-corrected chi connectivity index (χ3v) is 4.95. The molecule has 7 heteroatoms. The van der Waals surface area contributed by atoms with Crippen LogP contribution < -0.4 is 5.32 Å². The van der Waals surface area contributed by atoms with E-state index in [4.69, 9.17) is 0 Å². The maximum absolute atomic E-state index is 9.30. The average Bonchev–Trinajstić information content (AvgIpc) is 3.32. The first-order valence-electron chi connectivity index (χ1n) is 8.85. The highest BCUT2D eigenvalue weighted by molar-refractivity contribution is 5.85. The fraction of sp³-hybridized carbons (Fsp3) is 0.444. The van der Waals surface area contributed by atoms with Gasteiger partial charge in [-0.2, -0.15) is 0 Å². The number of aromatic nitrogens is 4. The molecule has 3 aromatic rings. The van der Waals surface area contributed by atoms with E-state index in [1.165, 1.54) is 10.9 Å². The lowest BCUT2D eigenvalue weighted by Gasteiger charge is -2.32. The van der Waals surface area contributed by atoms with E-state index >= 15 is 0 Å². The molecule has 132 valence electrons. The largest absolute Gasteiger partial charge is 0.395 e. The van der Waals surface area contributed by atoms with Crippen LogP contribution in [0.3, 0.4) is 0 Å². The molecule has 25 heavy (non-hydrogen) atoms. The summed E-state index contributed by atoms with van der Waals surface area (Å²) >= 11 is 0. The SMILES string of the molecule is OCC1CN(CCCc2c[nH]c3ccc(-n4cnnc4)cc23)CCN1. The number of H-pyrrole nitrogens is 1. The second-order valence-electron chi connectivity index (χ2n) is 6.65. The number of nitrogens with one attached hydrogen (secondary N) is 2. The Morgan fingerprint density at radius 3 is 2.96 bits per heavy atom. The number of aliphatic hydroxyl groups excluding tert-OH is 1. The van der Waals surface area contributed by atoms with Crippen molar-refractivity contribution in [3.63, 3.8) is 0 Å². The summed E-state index contributed by atoms with van der Waals surface area (Å²) in [6.07, 6.45) is 7.71. The topological polar surface area (TPSA) is 82.0 Å². The van der Waals surface area contributed by atoms with Crippen molar-refractivity contribution in [1.82, 2.24) is 30.0 Å². The third-order valence-electron chi connectivity index (χ3n) is 4.95. The molecular formula is C18H24N6O. The normalized spacial score (nSPS) is 18.8. The monoisotopic (exact) mass is 340 g/mol. The zero-order valence-electron chi connectivity index (χ0n) is 14.2. The molecule has 3 heterocycles. The standard InChI is InChI=1S/C18H24N6O/c25-11-15-10-23(7-5-19-15)6-1-2-14-9-20-18-4-3-16(8-17(14)18)24-12-21-22-13-24/h3-4,8-9,12-13,15,19-20,25H,1-2,5-7,10-11H2. The van der Waals surface area contributed by atoms with E-state index in [9.17, 15) is 5.11 Å². The van der Waals surface area contributed by atoms with E-state index < -0.39 is 0 Å². The molecule has 1 aromatic carbocycles. The van der Waals surface area contributed by atoms with Crippen LogP contribution in [0.15, 0.2) is 37.1 Å². The fourth-order valence-corrected chi connectivity index (χ4v) is 3.58. The van der Waals surface area contributed by atoms with Crippen LogP contribution in [-0.4, -0.2) is 68.6 Å². The Kier molecular flexibility index (Phi) is 4.78. The predicted octanol–water partition coefficient (Wildman–Crippen LogP) is 0.947. The van der Waals surface area contributed by atoms with Crippen LogP contribution in [0.1, 0.15) is 12.0 Å². The summed E-state index contributed by atoms with van der Waals surface area (Å²) in [5, 5.41) is 21.7. The van der Waals surface area contributed by atoms with Gasteiger partial charge in [-0.1, -0.05) is 0 Å². The molecule has 3 N–H and O–H groups in total. The van der Waals surface area contributed by atoms with Crippen LogP contribution in [0.2, 0.25) is 0 Å². The summed E-state index contributed by atoms with van der Waals surface area (Å²) in [5.41, 5.74) is 3.58. The van der Waals surface area contributed by atoms with Gasteiger partial charge in [0.15, 0.2) is 0 Å². The number of rotatable bonds is 6. The van der Waals surface area contributed by atoms with Gasteiger partial charge in [-0.15, -0.1) is 10.2 Å². The molecule has 1 aliphatic heterocycles. The lowest BCUT2D eigenvalue weighted by atomic mass is 10.1. The second kappa shape index (κ2) is 7.35. The third kappa shape index (κ3) is 3.58. The second-order valence-corrected chi connectivity index (χ2v) is 6.65. The number of hydrogen-bond donors (Lipinski definition) is 3. The Morgan fingerprint density at radius 2 is 2.12 bits per heavy atom. The maximum Gasteiger partial charge on any atom is 0.123 e. The van der Waals surface area contributed by atoms with Gasteiger partial charge in [0.05, 0.1) is 6.61 Å². The number of aromatic amines is 1.